The number of nitrogens with zero attached hydrogens (tertiary/aromatic N) is 1. The maximum absolute atomic E-state index is 11.1. The normalized spacial score (nSPS) is 15.7. The van der Waals surface area contributed by atoms with Gasteiger partial charge in [-0.05, 0) is 94.8 Å². The third kappa shape index (κ3) is 10.4. The fourth-order valence-corrected chi connectivity index (χ4v) is 3.84. The van der Waals surface area contributed by atoms with Crippen molar-refractivity contribution in [3.63, 3.8) is 0 Å². The number of aliphatic hydroxyl groups excluding tert-OH is 1. The van der Waals surface area contributed by atoms with E-state index in [4.69, 9.17) is 5.32 Å². The second-order valence-electron chi connectivity index (χ2n) is 8.46. The van der Waals surface area contributed by atoms with Crippen molar-refractivity contribution in [3.05, 3.63) is 176 Å². The van der Waals surface area contributed by atoms with Crippen LogP contribution in [0.4, 0.5) is 5.69 Å². The Morgan fingerprint density at radius 1 is 0.595 bits per heavy atom. The van der Waals surface area contributed by atoms with E-state index in [1.54, 1.807) is 0 Å². The van der Waals surface area contributed by atoms with Crippen molar-refractivity contribution in [2.75, 3.05) is 0 Å². The molecule has 11 radical (unpaired) electrons. The zero-order chi connectivity index (χ0) is 25.6. The fourth-order valence-electron chi connectivity index (χ4n) is 3.84. The van der Waals surface area contributed by atoms with Gasteiger partial charge in [-0.3, -0.25) is 0 Å². The molecule has 0 heterocycles. The fraction of sp³-hybridized carbons (Fsp3) is 0.118. The van der Waals surface area contributed by atoms with Crippen LogP contribution in [0, 0.1) is 78.1 Å². The Bertz CT molecular complexity index is 1010. The molecule has 5 rings (SSSR count). The molecule has 0 spiro atoms. The van der Waals surface area contributed by atoms with Gasteiger partial charge in [0.2, 0.25) is 0 Å². The first-order valence-electron chi connectivity index (χ1n) is 12.2. The first kappa shape index (κ1) is 31.3. The van der Waals surface area contributed by atoms with E-state index in [1.807, 2.05) is 138 Å². The Kier molecular flexibility index (Phi) is 14.8. The molecule has 0 bridgehead atoms. The summed E-state index contributed by atoms with van der Waals surface area (Å²) in [5, 5.41) is 16.0. The van der Waals surface area contributed by atoms with Crippen LogP contribution in [0.15, 0.2) is 84.6 Å². The van der Waals surface area contributed by atoms with Gasteiger partial charge in [-0.1, -0.05) is 96.9 Å². The number of hydrogen-bond donors (Lipinski definition) is 1. The number of aryl methyl sites for hydroxylation is 2. The topological polar surface area (TPSA) is 34.3 Å². The molecule has 3 heteroatoms. The summed E-state index contributed by atoms with van der Waals surface area (Å²) in [5.41, 5.74) is 6.73. The van der Waals surface area contributed by atoms with Crippen molar-refractivity contribution >= 4 is 11.3 Å². The van der Waals surface area contributed by atoms with E-state index in [9.17, 15) is 5.11 Å². The summed E-state index contributed by atoms with van der Waals surface area (Å²) >= 11 is 0. The van der Waals surface area contributed by atoms with E-state index in [2.05, 4.69) is 26.0 Å². The molecule has 183 valence electrons. The number of allylic oxidation sites excluding steroid dienone is 1. The first-order valence-corrected chi connectivity index (χ1v) is 12.2. The summed E-state index contributed by atoms with van der Waals surface area (Å²) in [6.45, 7) is 6.10. The van der Waals surface area contributed by atoms with Crippen molar-refractivity contribution in [3.8, 4) is 0 Å². The van der Waals surface area contributed by atoms with E-state index < -0.39 is 6.10 Å². The summed E-state index contributed by atoms with van der Waals surface area (Å²) in [7, 11) is 0. The monoisotopic (exact) mass is 562 g/mol. The number of hydrogen-bond acceptors (Lipinski definition) is 1. The smallest absolute Gasteiger partial charge is 0.661 e. The van der Waals surface area contributed by atoms with Gasteiger partial charge in [0.15, 0.2) is 0 Å². The van der Waals surface area contributed by atoms with E-state index in [-0.39, 0.29) is 26.2 Å². The molecule has 0 aliphatic heterocycles. The van der Waals surface area contributed by atoms with Crippen LogP contribution in [0.1, 0.15) is 35.3 Å². The molecule has 2 nitrogen and oxygen atoms in total. The Morgan fingerprint density at radius 3 is 1.43 bits per heavy atom. The van der Waals surface area contributed by atoms with Crippen molar-refractivity contribution in [2.45, 2.75) is 26.9 Å². The zero-order valence-corrected chi connectivity index (χ0v) is 24.2. The molecule has 0 amide bonds. The Hall–Kier alpha value is -1.96. The summed E-state index contributed by atoms with van der Waals surface area (Å²) in [6.07, 6.45) is 19.3. The van der Waals surface area contributed by atoms with Crippen molar-refractivity contribution in [1.29, 1.82) is 0 Å². The van der Waals surface area contributed by atoms with Crippen LogP contribution >= 0.6 is 0 Å². The second kappa shape index (κ2) is 17.5. The van der Waals surface area contributed by atoms with Crippen LogP contribution in [0.25, 0.3) is 10.9 Å². The predicted octanol–water partition coefficient (Wildman–Crippen LogP) is 8.51. The zero-order valence-electron chi connectivity index (χ0n) is 21.8. The summed E-state index contributed by atoms with van der Waals surface area (Å²) in [4.78, 5) is 0. The SMILES string of the molecule is C/C([N-]c1c(C)cccc1C)=C(\c1ccccc1)C(O)c1ccccc1.[CH]1[CH][CH][CH][CH]1.[CH]1[CH][CH][CH][CH]1.[Zr+3]. The molecule has 2 aliphatic carbocycles. The average Bonchev–Trinajstić information content (AvgIpc) is 3.67. The average molecular weight is 564 g/mol. The predicted molar refractivity (Wildman–Crippen MR) is 152 cm³/mol. The summed E-state index contributed by atoms with van der Waals surface area (Å²) < 4.78 is 0. The molecule has 1 N–H and O–H groups in total. The minimum Gasteiger partial charge on any atom is -0.661 e. The van der Waals surface area contributed by atoms with Gasteiger partial charge in [0, 0.05) is 0 Å². The van der Waals surface area contributed by atoms with Gasteiger partial charge < -0.3 is 10.4 Å². The van der Waals surface area contributed by atoms with E-state index in [0.29, 0.717) is 0 Å². The van der Waals surface area contributed by atoms with E-state index in [0.717, 1.165) is 39.2 Å². The third-order valence-corrected chi connectivity index (χ3v) is 5.69. The van der Waals surface area contributed by atoms with Gasteiger partial charge in [0.05, 0.1) is 0 Å². The van der Waals surface area contributed by atoms with Gasteiger partial charge in [-0.2, -0.15) is 5.70 Å². The number of rotatable bonds is 5. The Labute approximate surface area is 244 Å². The maximum Gasteiger partial charge on any atom is 3.00 e. The molecule has 0 aromatic heterocycles. The standard InChI is InChI=1S/C24H24NO.2C5H5.Zr/c1-17-11-10-12-18(2)23(17)25-19(3)22(20-13-6-4-7-14-20)24(26)21-15-8-5-9-16-21;2*1-2-4-5-3-1;/h4-16,24,26H,1-3H3;2*1-5H;/q-1;;;+3/b22-19-;;;. The molecule has 3 aromatic rings. The van der Waals surface area contributed by atoms with Gasteiger partial charge in [-0.25, -0.2) is 0 Å². The molecule has 2 fully saturated rings. The summed E-state index contributed by atoms with van der Waals surface area (Å²) in [6, 6.07) is 25.9. The van der Waals surface area contributed by atoms with Gasteiger partial charge in [-0.15, -0.1) is 5.69 Å². The van der Waals surface area contributed by atoms with Crippen LogP contribution in [0.5, 0.6) is 0 Å². The van der Waals surface area contributed by atoms with Crippen molar-refractivity contribution in [1.82, 2.24) is 0 Å². The first-order chi connectivity index (χ1) is 17.6. The minimum absolute atomic E-state index is 0. The van der Waals surface area contributed by atoms with Gasteiger partial charge >= 0.3 is 26.2 Å². The third-order valence-electron chi connectivity index (χ3n) is 5.69. The molecule has 0 saturated heterocycles. The second-order valence-corrected chi connectivity index (χ2v) is 8.46. The summed E-state index contributed by atoms with van der Waals surface area (Å²) in [5.74, 6) is 0. The molecule has 2 aliphatic rings. The van der Waals surface area contributed by atoms with Gasteiger partial charge in [0.25, 0.3) is 0 Å². The molecular weight excluding hydrogens is 530 g/mol. The number of para-hydroxylation sites is 1. The number of aliphatic hydroxyl groups is 1. The molecule has 3 aromatic carbocycles. The molecular formula is C34H34NOZr+2. The Balaban J connectivity index is 0.000000362. The van der Waals surface area contributed by atoms with Gasteiger partial charge in [0.1, 0.15) is 6.10 Å². The molecule has 1 atom stereocenters. The van der Waals surface area contributed by atoms with Crippen LogP contribution in [-0.2, 0) is 26.2 Å². The quantitative estimate of drug-likeness (QED) is 0.332. The van der Waals surface area contributed by atoms with Crippen molar-refractivity contribution < 1.29 is 31.3 Å². The van der Waals surface area contributed by atoms with Crippen molar-refractivity contribution in [2.24, 2.45) is 0 Å². The largest absolute Gasteiger partial charge is 3.00 e. The minimum atomic E-state index is -0.730. The molecule has 1 unspecified atom stereocenters. The van der Waals surface area contributed by atoms with E-state index in [1.165, 1.54) is 0 Å². The van der Waals surface area contributed by atoms with E-state index >= 15 is 0 Å². The van der Waals surface area contributed by atoms with Crippen LogP contribution in [-0.4, -0.2) is 5.11 Å². The number of benzene rings is 3. The maximum atomic E-state index is 11.1. The van der Waals surface area contributed by atoms with Crippen LogP contribution in [0.3, 0.4) is 0 Å². The van der Waals surface area contributed by atoms with Crippen LogP contribution in [0.2, 0.25) is 0 Å². The molecule has 37 heavy (non-hydrogen) atoms. The molecule has 2 saturated carbocycles. The Morgan fingerprint density at radius 2 is 1.00 bits per heavy atom. The van der Waals surface area contributed by atoms with Crippen LogP contribution < -0.4 is 0 Å².